The first kappa shape index (κ1) is 13.9. The summed E-state index contributed by atoms with van der Waals surface area (Å²) in [6.07, 6.45) is -2.29. The van der Waals surface area contributed by atoms with Gasteiger partial charge in [-0.05, 0) is 11.4 Å². The monoisotopic (exact) mass is 236 g/mol. The van der Waals surface area contributed by atoms with Crippen molar-refractivity contribution in [2.24, 2.45) is 0 Å². The molecule has 0 aliphatic carbocycles. The fourth-order valence-corrected chi connectivity index (χ4v) is 0.557. The molecule has 0 spiro atoms. The fraction of sp³-hybridized carbons (Fsp3) is 0.714. The van der Waals surface area contributed by atoms with E-state index in [1.807, 2.05) is 0 Å². The van der Waals surface area contributed by atoms with E-state index in [1.165, 1.54) is 0 Å². The van der Waals surface area contributed by atoms with Gasteiger partial charge in [0.1, 0.15) is 0 Å². The van der Waals surface area contributed by atoms with Crippen LogP contribution >= 0.6 is 0 Å². The van der Waals surface area contributed by atoms with E-state index in [1.54, 1.807) is 6.92 Å². The summed E-state index contributed by atoms with van der Waals surface area (Å²) >= 11 is 0. The lowest BCUT2D eigenvalue weighted by atomic mass is 10.4. The standard InChI is InChI=1S/C5H4F4O2.C2H5FO/c6-1-5(9)2-10-4(11-5)3(7)8;1-2-4-3/h1-2H2;2H2,1H3. The van der Waals surface area contributed by atoms with Crippen molar-refractivity contribution >= 4 is 0 Å². The lowest BCUT2D eigenvalue weighted by Crippen LogP contribution is -2.27. The molecule has 1 aliphatic heterocycles. The van der Waals surface area contributed by atoms with Crippen LogP contribution in [0.25, 0.3) is 0 Å². The molecule has 0 aromatic heterocycles. The minimum atomic E-state index is -2.74. The highest BCUT2D eigenvalue weighted by Gasteiger charge is 2.42. The van der Waals surface area contributed by atoms with Crippen LogP contribution in [0.3, 0.4) is 0 Å². The third kappa shape index (κ3) is 4.82. The molecule has 3 nitrogen and oxygen atoms in total. The molecular weight excluding hydrogens is 227 g/mol. The van der Waals surface area contributed by atoms with E-state index in [9.17, 15) is 22.1 Å². The normalized spacial score (nSPS) is 23.7. The van der Waals surface area contributed by atoms with Crippen LogP contribution in [0.1, 0.15) is 6.92 Å². The van der Waals surface area contributed by atoms with Crippen LogP contribution in [0, 0.1) is 0 Å². The zero-order valence-corrected chi connectivity index (χ0v) is 7.74. The number of hydrogen-bond donors (Lipinski definition) is 0. The van der Waals surface area contributed by atoms with Gasteiger partial charge in [0.05, 0.1) is 6.61 Å². The van der Waals surface area contributed by atoms with Gasteiger partial charge in [-0.3, -0.25) is 0 Å². The molecule has 0 aromatic carbocycles. The third-order valence-corrected chi connectivity index (χ3v) is 1.16. The van der Waals surface area contributed by atoms with E-state index in [2.05, 4.69) is 14.4 Å². The van der Waals surface area contributed by atoms with Gasteiger partial charge in [-0.2, -0.15) is 18.1 Å². The summed E-state index contributed by atoms with van der Waals surface area (Å²) in [5.74, 6) is -3.97. The summed E-state index contributed by atoms with van der Waals surface area (Å²) in [5, 5.41) is 0. The predicted octanol–water partition coefficient (Wildman–Crippen LogP) is 2.64. The Kier molecular flexibility index (Phi) is 5.99. The Morgan fingerprint density at radius 3 is 2.27 bits per heavy atom. The molecule has 90 valence electrons. The molecule has 0 saturated carbocycles. The predicted molar refractivity (Wildman–Crippen MR) is 38.8 cm³/mol. The average molecular weight is 236 g/mol. The molecule has 0 aromatic rings. The second-order valence-electron chi connectivity index (χ2n) is 2.35. The first-order valence-electron chi connectivity index (χ1n) is 3.84. The summed E-state index contributed by atoms with van der Waals surface area (Å²) in [4.78, 5) is 3.04. The summed E-state index contributed by atoms with van der Waals surface area (Å²) < 4.78 is 65.4. The molecule has 0 amide bonds. The largest absolute Gasteiger partial charge is 0.454 e. The van der Waals surface area contributed by atoms with E-state index in [0.29, 0.717) is 0 Å². The number of alkyl halides is 2. The SMILES string of the molecule is CCOF.FCC1(F)COC(=C(F)F)O1. The maximum absolute atomic E-state index is 12.6. The van der Waals surface area contributed by atoms with Crippen LogP contribution < -0.4 is 0 Å². The summed E-state index contributed by atoms with van der Waals surface area (Å²) in [5.41, 5.74) is 0. The van der Waals surface area contributed by atoms with Crippen molar-refractivity contribution in [2.75, 3.05) is 19.9 Å². The van der Waals surface area contributed by atoms with Gasteiger partial charge in [0.2, 0.25) is 0 Å². The maximum atomic E-state index is 12.6. The van der Waals surface area contributed by atoms with Crippen molar-refractivity contribution < 1.29 is 36.5 Å². The Morgan fingerprint density at radius 2 is 2.07 bits per heavy atom. The van der Waals surface area contributed by atoms with Gasteiger partial charge in [-0.15, -0.1) is 0 Å². The molecule has 15 heavy (non-hydrogen) atoms. The molecule has 1 heterocycles. The second kappa shape index (κ2) is 6.44. The third-order valence-electron chi connectivity index (χ3n) is 1.16. The van der Waals surface area contributed by atoms with E-state index in [0.717, 1.165) is 0 Å². The van der Waals surface area contributed by atoms with E-state index in [4.69, 9.17) is 0 Å². The van der Waals surface area contributed by atoms with E-state index < -0.39 is 31.2 Å². The highest BCUT2D eigenvalue weighted by Crippen LogP contribution is 2.30. The molecule has 1 unspecified atom stereocenters. The van der Waals surface area contributed by atoms with Gasteiger partial charge < -0.3 is 9.47 Å². The van der Waals surface area contributed by atoms with Crippen molar-refractivity contribution in [1.82, 2.24) is 0 Å². The number of rotatable bonds is 2. The molecule has 1 rings (SSSR count). The van der Waals surface area contributed by atoms with Crippen LogP contribution in [0.5, 0.6) is 0 Å². The maximum Gasteiger partial charge on any atom is 0.351 e. The van der Waals surface area contributed by atoms with Crippen molar-refractivity contribution in [1.29, 1.82) is 0 Å². The quantitative estimate of drug-likeness (QED) is 0.690. The Morgan fingerprint density at radius 1 is 1.53 bits per heavy atom. The van der Waals surface area contributed by atoms with Crippen molar-refractivity contribution in [3.8, 4) is 0 Å². The molecule has 1 aliphatic rings. The Bertz CT molecular complexity index is 217. The molecule has 1 fully saturated rings. The number of ether oxygens (including phenoxy) is 2. The van der Waals surface area contributed by atoms with Gasteiger partial charge in [-0.25, -0.2) is 4.39 Å². The minimum Gasteiger partial charge on any atom is -0.454 e. The molecule has 0 radical (unpaired) electrons. The van der Waals surface area contributed by atoms with Crippen LogP contribution in [-0.4, -0.2) is 25.7 Å². The molecular formula is C7H9F5O3. The molecule has 0 N–H and O–H groups in total. The minimum absolute atomic E-state index is 0.153. The van der Waals surface area contributed by atoms with Crippen molar-refractivity contribution in [3.63, 3.8) is 0 Å². The van der Waals surface area contributed by atoms with Gasteiger partial charge >= 0.3 is 17.9 Å². The fourth-order valence-electron chi connectivity index (χ4n) is 0.557. The van der Waals surface area contributed by atoms with Crippen LogP contribution in [0.15, 0.2) is 12.0 Å². The Labute approximate surface area is 82.3 Å². The van der Waals surface area contributed by atoms with Gasteiger partial charge in [0.15, 0.2) is 13.3 Å². The highest BCUT2D eigenvalue weighted by molar-refractivity contribution is 4.92. The summed E-state index contributed by atoms with van der Waals surface area (Å²) in [6.45, 7) is -0.611. The van der Waals surface area contributed by atoms with Gasteiger partial charge in [0.25, 0.3) is 0 Å². The molecule has 1 saturated heterocycles. The Hall–Kier alpha value is -1.05. The number of hydrogen-bond acceptors (Lipinski definition) is 3. The molecule has 0 bridgehead atoms. The zero-order chi connectivity index (χ0) is 11.9. The summed E-state index contributed by atoms with van der Waals surface area (Å²) in [7, 11) is 0. The lowest BCUT2D eigenvalue weighted by molar-refractivity contribution is -0.125. The number of halogens is 5. The van der Waals surface area contributed by atoms with E-state index in [-0.39, 0.29) is 6.61 Å². The summed E-state index contributed by atoms with van der Waals surface area (Å²) in [6, 6.07) is 0. The van der Waals surface area contributed by atoms with Gasteiger partial charge in [0, 0.05) is 0 Å². The van der Waals surface area contributed by atoms with Crippen molar-refractivity contribution in [3.05, 3.63) is 12.0 Å². The van der Waals surface area contributed by atoms with Crippen LogP contribution in [-0.2, 0) is 14.4 Å². The molecule has 1 atom stereocenters. The first-order chi connectivity index (χ1) is 6.99. The average Bonchev–Trinajstić information content (AvgIpc) is 2.62. The first-order valence-corrected chi connectivity index (χ1v) is 3.84. The lowest BCUT2D eigenvalue weighted by Gasteiger charge is -2.09. The second-order valence-corrected chi connectivity index (χ2v) is 2.35. The zero-order valence-electron chi connectivity index (χ0n) is 7.74. The smallest absolute Gasteiger partial charge is 0.351 e. The highest BCUT2D eigenvalue weighted by atomic mass is 19.3. The van der Waals surface area contributed by atoms with Crippen LogP contribution in [0.4, 0.5) is 22.1 Å². The van der Waals surface area contributed by atoms with E-state index >= 15 is 0 Å². The van der Waals surface area contributed by atoms with Gasteiger partial charge in [-0.1, -0.05) is 0 Å². The molecule has 8 heteroatoms. The van der Waals surface area contributed by atoms with Crippen LogP contribution in [0.2, 0.25) is 0 Å². The Balaban J connectivity index is 0.000000423. The topological polar surface area (TPSA) is 27.7 Å². The van der Waals surface area contributed by atoms with Crippen molar-refractivity contribution in [2.45, 2.75) is 12.8 Å².